The molecule has 0 atom stereocenters. The number of hydrogen-bond donors (Lipinski definition) is 0. The molecule has 1 aromatic heterocycles. The average molecular weight is 367 g/mol. The van der Waals surface area contributed by atoms with Crippen LogP contribution in [0.2, 0.25) is 0 Å². The number of aromatic nitrogens is 1. The molecular weight excluding hydrogens is 346 g/mol. The van der Waals surface area contributed by atoms with Gasteiger partial charge in [-0.2, -0.15) is 0 Å². The lowest BCUT2D eigenvalue weighted by atomic mass is 10.0. The van der Waals surface area contributed by atoms with E-state index in [0.29, 0.717) is 11.5 Å². The van der Waals surface area contributed by atoms with Crippen LogP contribution in [0.4, 0.5) is 0 Å². The molecule has 0 unspecified atom stereocenters. The van der Waals surface area contributed by atoms with E-state index in [-0.39, 0.29) is 12.6 Å². The molecule has 2 aromatic carbocycles. The highest BCUT2D eigenvalue weighted by Crippen LogP contribution is 2.26. The second-order valence-electron chi connectivity index (χ2n) is 6.23. The van der Waals surface area contributed by atoms with Crippen LogP contribution < -0.4 is 4.74 Å². The third kappa shape index (κ3) is 4.29. The molecular formula is C21H21NO3S. The molecule has 0 aliphatic heterocycles. The number of benzene rings is 2. The van der Waals surface area contributed by atoms with Crippen molar-refractivity contribution in [3.63, 3.8) is 0 Å². The molecule has 0 saturated carbocycles. The van der Waals surface area contributed by atoms with Gasteiger partial charge in [-0.3, -0.25) is 0 Å². The monoisotopic (exact) mass is 367 g/mol. The maximum absolute atomic E-state index is 12.2. The second-order valence-corrected chi connectivity index (χ2v) is 7.08. The van der Waals surface area contributed by atoms with Gasteiger partial charge >= 0.3 is 5.97 Å². The molecule has 0 amide bonds. The third-order valence-corrected chi connectivity index (χ3v) is 4.99. The normalized spacial score (nSPS) is 10.8. The van der Waals surface area contributed by atoms with E-state index in [9.17, 15) is 4.79 Å². The van der Waals surface area contributed by atoms with Crippen molar-refractivity contribution in [1.29, 1.82) is 0 Å². The lowest BCUT2D eigenvalue weighted by Gasteiger charge is -2.07. The van der Waals surface area contributed by atoms with Gasteiger partial charge < -0.3 is 9.47 Å². The summed E-state index contributed by atoms with van der Waals surface area (Å²) >= 11 is 1.53. The van der Waals surface area contributed by atoms with Crippen molar-refractivity contribution in [2.24, 2.45) is 0 Å². The van der Waals surface area contributed by atoms with Gasteiger partial charge in [0.1, 0.15) is 17.4 Å². The molecule has 3 rings (SSSR count). The Morgan fingerprint density at radius 2 is 1.77 bits per heavy atom. The first-order chi connectivity index (χ1) is 12.6. The fourth-order valence-corrected chi connectivity index (χ4v) is 3.28. The van der Waals surface area contributed by atoms with E-state index in [2.05, 4.69) is 18.8 Å². The average Bonchev–Trinajstić information content (AvgIpc) is 3.15. The van der Waals surface area contributed by atoms with Crippen molar-refractivity contribution in [2.75, 3.05) is 7.11 Å². The molecule has 5 heteroatoms. The zero-order valence-corrected chi connectivity index (χ0v) is 15.9. The molecule has 0 saturated heterocycles. The highest BCUT2D eigenvalue weighted by atomic mass is 32.1. The zero-order chi connectivity index (χ0) is 18.5. The highest BCUT2D eigenvalue weighted by Gasteiger charge is 2.11. The Morgan fingerprint density at radius 1 is 1.08 bits per heavy atom. The molecule has 3 aromatic rings. The minimum atomic E-state index is -0.334. The molecule has 0 spiro atoms. The minimum absolute atomic E-state index is 0.164. The fourth-order valence-electron chi connectivity index (χ4n) is 2.47. The Balaban J connectivity index is 1.61. The van der Waals surface area contributed by atoms with Gasteiger partial charge in [-0.1, -0.05) is 26.0 Å². The summed E-state index contributed by atoms with van der Waals surface area (Å²) in [6.07, 6.45) is 0. The van der Waals surface area contributed by atoms with Crippen molar-refractivity contribution in [1.82, 2.24) is 4.98 Å². The van der Waals surface area contributed by atoms with Crippen LogP contribution in [0.15, 0.2) is 53.9 Å². The SMILES string of the molecule is COc1ccc(-c2nc(COC(=O)c3ccc(C(C)C)cc3)cs2)cc1. The Morgan fingerprint density at radius 3 is 2.38 bits per heavy atom. The summed E-state index contributed by atoms with van der Waals surface area (Å²) in [6.45, 7) is 4.41. The summed E-state index contributed by atoms with van der Waals surface area (Å²) in [6, 6.07) is 15.3. The molecule has 0 radical (unpaired) electrons. The summed E-state index contributed by atoms with van der Waals surface area (Å²) in [5.41, 5.74) is 3.51. The number of thiazole rings is 1. The number of carbonyl (C=O) groups is 1. The quantitative estimate of drug-likeness (QED) is 0.555. The summed E-state index contributed by atoms with van der Waals surface area (Å²) in [4.78, 5) is 16.7. The van der Waals surface area contributed by atoms with Crippen LogP contribution in [0.1, 0.15) is 41.4 Å². The first-order valence-corrected chi connectivity index (χ1v) is 9.30. The summed E-state index contributed by atoms with van der Waals surface area (Å²) in [5.74, 6) is 0.911. The highest BCUT2D eigenvalue weighted by molar-refractivity contribution is 7.13. The lowest BCUT2D eigenvalue weighted by molar-refractivity contribution is 0.0468. The van der Waals surface area contributed by atoms with Crippen LogP contribution in [0.3, 0.4) is 0 Å². The van der Waals surface area contributed by atoms with Crippen LogP contribution in [0.25, 0.3) is 10.6 Å². The van der Waals surface area contributed by atoms with Crippen molar-refractivity contribution >= 4 is 17.3 Å². The largest absolute Gasteiger partial charge is 0.497 e. The molecule has 26 heavy (non-hydrogen) atoms. The standard InChI is InChI=1S/C21H21NO3S/c1-14(2)15-4-6-17(7-5-15)21(23)25-12-18-13-26-20(22-18)16-8-10-19(24-3)11-9-16/h4-11,13-14H,12H2,1-3H3. The van der Waals surface area contributed by atoms with Gasteiger partial charge in [0.25, 0.3) is 0 Å². The van der Waals surface area contributed by atoms with Crippen LogP contribution in [0.5, 0.6) is 5.75 Å². The molecule has 4 nitrogen and oxygen atoms in total. The second kappa shape index (κ2) is 8.15. The molecule has 1 heterocycles. The van der Waals surface area contributed by atoms with Crippen LogP contribution in [-0.4, -0.2) is 18.1 Å². The topological polar surface area (TPSA) is 48.4 Å². The van der Waals surface area contributed by atoms with E-state index in [4.69, 9.17) is 9.47 Å². The van der Waals surface area contributed by atoms with Crippen LogP contribution in [-0.2, 0) is 11.3 Å². The maximum Gasteiger partial charge on any atom is 0.338 e. The first-order valence-electron chi connectivity index (χ1n) is 8.42. The van der Waals surface area contributed by atoms with E-state index in [1.165, 1.54) is 16.9 Å². The van der Waals surface area contributed by atoms with Gasteiger partial charge in [-0.15, -0.1) is 11.3 Å². The molecule has 0 aliphatic rings. The van der Waals surface area contributed by atoms with E-state index >= 15 is 0 Å². The molecule has 134 valence electrons. The van der Waals surface area contributed by atoms with Gasteiger partial charge in [0.05, 0.1) is 18.4 Å². The van der Waals surface area contributed by atoms with E-state index < -0.39 is 0 Å². The number of esters is 1. The Kier molecular flexibility index (Phi) is 5.68. The summed E-state index contributed by atoms with van der Waals surface area (Å²) in [5, 5.41) is 2.80. The molecule has 0 aliphatic carbocycles. The van der Waals surface area contributed by atoms with Gasteiger partial charge in [0, 0.05) is 10.9 Å². The smallest absolute Gasteiger partial charge is 0.338 e. The Hall–Kier alpha value is -2.66. The van der Waals surface area contributed by atoms with Gasteiger partial charge in [0.2, 0.25) is 0 Å². The van der Waals surface area contributed by atoms with Crippen molar-refractivity contribution in [3.8, 4) is 16.3 Å². The number of ether oxygens (including phenoxy) is 2. The molecule has 0 bridgehead atoms. The van der Waals surface area contributed by atoms with Crippen molar-refractivity contribution < 1.29 is 14.3 Å². The van der Waals surface area contributed by atoms with E-state index in [1.807, 2.05) is 53.9 Å². The third-order valence-electron chi connectivity index (χ3n) is 4.05. The Labute approximate surface area is 157 Å². The molecule has 0 N–H and O–H groups in total. The van der Waals surface area contributed by atoms with Crippen molar-refractivity contribution in [3.05, 3.63) is 70.7 Å². The number of hydrogen-bond acceptors (Lipinski definition) is 5. The predicted molar refractivity (Wildman–Crippen MR) is 104 cm³/mol. The minimum Gasteiger partial charge on any atom is -0.497 e. The first kappa shape index (κ1) is 18.1. The van der Waals surface area contributed by atoms with Gasteiger partial charge in [0.15, 0.2) is 0 Å². The van der Waals surface area contributed by atoms with Crippen LogP contribution >= 0.6 is 11.3 Å². The maximum atomic E-state index is 12.2. The van der Waals surface area contributed by atoms with Gasteiger partial charge in [-0.05, 0) is 47.9 Å². The lowest BCUT2D eigenvalue weighted by Crippen LogP contribution is -2.05. The van der Waals surface area contributed by atoms with Gasteiger partial charge in [-0.25, -0.2) is 9.78 Å². The van der Waals surface area contributed by atoms with E-state index in [1.54, 1.807) is 7.11 Å². The van der Waals surface area contributed by atoms with E-state index in [0.717, 1.165) is 22.0 Å². The molecule has 0 fully saturated rings. The Bertz CT molecular complexity index is 867. The summed E-state index contributed by atoms with van der Waals surface area (Å²) in [7, 11) is 1.64. The van der Waals surface area contributed by atoms with Crippen LogP contribution in [0, 0.1) is 0 Å². The zero-order valence-electron chi connectivity index (χ0n) is 15.1. The summed E-state index contributed by atoms with van der Waals surface area (Å²) < 4.78 is 10.5. The number of rotatable bonds is 6. The number of nitrogens with zero attached hydrogens (tertiary/aromatic N) is 1. The van der Waals surface area contributed by atoms with Crippen molar-refractivity contribution in [2.45, 2.75) is 26.4 Å². The predicted octanol–water partition coefficient (Wildman–Crippen LogP) is 5.30. The number of methoxy groups -OCH3 is 1. The number of carbonyl (C=O) groups excluding carboxylic acids is 1. The fraction of sp³-hybridized carbons (Fsp3) is 0.238.